The van der Waals surface area contributed by atoms with Crippen LogP contribution in [0.2, 0.25) is 0 Å². The number of benzene rings is 1. The molecule has 1 rings (SSSR count). The summed E-state index contributed by atoms with van der Waals surface area (Å²) in [5.41, 5.74) is 0.327. The Labute approximate surface area is 74.8 Å². The smallest absolute Gasteiger partial charge is 0.240 e. The van der Waals surface area contributed by atoms with Crippen molar-refractivity contribution in [3.05, 3.63) is 40.8 Å². The third-order valence-electron chi connectivity index (χ3n) is 1.53. The van der Waals surface area contributed by atoms with Crippen LogP contribution >= 0.6 is 0 Å². The van der Waals surface area contributed by atoms with Gasteiger partial charge in [-0.25, -0.2) is 0 Å². The summed E-state index contributed by atoms with van der Waals surface area (Å²) in [5.74, 6) is -0.557. The van der Waals surface area contributed by atoms with Crippen molar-refractivity contribution in [2.75, 3.05) is 0 Å². The Balaban J connectivity index is 2.93. The monoisotopic (exact) mass is 174 g/mol. The molecule has 0 bridgehead atoms. The van der Waals surface area contributed by atoms with Gasteiger partial charge in [-0.05, 0) is 5.18 Å². The Morgan fingerprint density at radius 3 is 2.46 bits per heavy atom. The molecule has 0 N–H and O–H groups in total. The summed E-state index contributed by atoms with van der Waals surface area (Å²) >= 11 is 0. The van der Waals surface area contributed by atoms with E-state index in [4.69, 9.17) is 5.26 Å². The van der Waals surface area contributed by atoms with Crippen LogP contribution in [-0.4, -0.2) is 11.8 Å². The molecule has 0 aromatic heterocycles. The fourth-order valence-electron chi connectivity index (χ4n) is 0.890. The van der Waals surface area contributed by atoms with Crippen LogP contribution in [0.1, 0.15) is 10.4 Å². The van der Waals surface area contributed by atoms with E-state index in [1.165, 1.54) is 18.2 Å². The molecule has 13 heavy (non-hydrogen) atoms. The predicted molar refractivity (Wildman–Crippen MR) is 46.0 cm³/mol. The molecule has 0 aliphatic carbocycles. The summed E-state index contributed by atoms with van der Waals surface area (Å²) < 4.78 is 0. The zero-order valence-corrected chi connectivity index (χ0v) is 6.68. The molecule has 4 nitrogen and oxygen atoms in total. The van der Waals surface area contributed by atoms with Gasteiger partial charge in [0.15, 0.2) is 0 Å². The van der Waals surface area contributed by atoms with Crippen LogP contribution in [0.15, 0.2) is 35.5 Å². The fourth-order valence-corrected chi connectivity index (χ4v) is 0.890. The summed E-state index contributed by atoms with van der Waals surface area (Å²) in [6.45, 7) is 0. The summed E-state index contributed by atoms with van der Waals surface area (Å²) in [5, 5.41) is 10.8. The standard InChI is InChI=1S/C9H6N2O2/c10-6-8(11-13)9(12)7-4-2-1-3-5-7/h1-5,8H. The second-order valence-corrected chi connectivity index (χ2v) is 2.37. The highest BCUT2D eigenvalue weighted by atomic mass is 16.3. The number of nitriles is 1. The van der Waals surface area contributed by atoms with Crippen LogP contribution in [0.25, 0.3) is 0 Å². The lowest BCUT2D eigenvalue weighted by Crippen LogP contribution is -2.15. The normalized spacial score (nSPS) is 11.3. The van der Waals surface area contributed by atoms with E-state index in [0.29, 0.717) is 5.56 Å². The number of Topliss-reactive ketones (excluding diaryl/α,β-unsaturated/α-hetero) is 1. The van der Waals surface area contributed by atoms with E-state index in [9.17, 15) is 9.70 Å². The van der Waals surface area contributed by atoms with Gasteiger partial charge in [0, 0.05) is 5.56 Å². The minimum Gasteiger partial charge on any atom is -0.290 e. The third kappa shape index (κ3) is 1.97. The van der Waals surface area contributed by atoms with Crippen molar-refractivity contribution in [3.63, 3.8) is 0 Å². The second kappa shape index (κ2) is 4.12. The first-order chi connectivity index (χ1) is 6.29. The zero-order chi connectivity index (χ0) is 9.68. The van der Waals surface area contributed by atoms with Gasteiger partial charge >= 0.3 is 0 Å². The maximum atomic E-state index is 11.3. The lowest BCUT2D eigenvalue weighted by Gasteiger charge is -1.98. The van der Waals surface area contributed by atoms with Crippen LogP contribution in [0.3, 0.4) is 0 Å². The van der Waals surface area contributed by atoms with E-state index in [-0.39, 0.29) is 0 Å². The molecule has 0 aliphatic rings. The molecule has 1 unspecified atom stereocenters. The SMILES string of the molecule is N#CC(N=O)C(=O)c1ccccc1. The largest absolute Gasteiger partial charge is 0.290 e. The first-order valence-electron chi connectivity index (χ1n) is 3.61. The molecule has 4 heteroatoms. The predicted octanol–water partition coefficient (Wildman–Crippen LogP) is 1.53. The van der Waals surface area contributed by atoms with Crippen LogP contribution in [-0.2, 0) is 0 Å². The van der Waals surface area contributed by atoms with Gasteiger partial charge < -0.3 is 0 Å². The maximum absolute atomic E-state index is 11.3. The van der Waals surface area contributed by atoms with E-state index in [1.807, 2.05) is 0 Å². The summed E-state index contributed by atoms with van der Waals surface area (Å²) in [6.07, 6.45) is 0. The number of rotatable bonds is 3. The number of carbonyl (C=O) groups excluding carboxylic acids is 1. The number of hydrogen-bond donors (Lipinski definition) is 0. The molecule has 0 spiro atoms. The molecule has 0 saturated heterocycles. The Bertz CT molecular complexity index is 354. The van der Waals surface area contributed by atoms with Gasteiger partial charge in [-0.3, -0.25) is 4.79 Å². The summed E-state index contributed by atoms with van der Waals surface area (Å²) in [4.78, 5) is 21.3. The highest BCUT2D eigenvalue weighted by Crippen LogP contribution is 2.04. The number of nitrogens with zero attached hydrogens (tertiary/aromatic N) is 2. The molecular weight excluding hydrogens is 168 g/mol. The van der Waals surface area contributed by atoms with Crippen LogP contribution in [0.5, 0.6) is 0 Å². The lowest BCUT2D eigenvalue weighted by atomic mass is 10.1. The number of ketones is 1. The Hall–Kier alpha value is -2.02. The molecule has 0 fully saturated rings. The molecular formula is C9H6N2O2. The van der Waals surface area contributed by atoms with E-state index < -0.39 is 11.8 Å². The third-order valence-corrected chi connectivity index (χ3v) is 1.53. The van der Waals surface area contributed by atoms with Crippen molar-refractivity contribution < 1.29 is 4.79 Å². The first kappa shape index (κ1) is 9.07. The average Bonchev–Trinajstić information content (AvgIpc) is 2.21. The summed E-state index contributed by atoms with van der Waals surface area (Å²) in [6, 6.07) is 8.23. The Morgan fingerprint density at radius 1 is 1.38 bits per heavy atom. The van der Waals surface area contributed by atoms with Gasteiger partial charge in [-0.15, -0.1) is 4.91 Å². The van der Waals surface area contributed by atoms with Crippen molar-refractivity contribution in [1.29, 1.82) is 5.26 Å². The lowest BCUT2D eigenvalue weighted by molar-refractivity contribution is 0.0981. The van der Waals surface area contributed by atoms with Crippen molar-refractivity contribution in [1.82, 2.24) is 0 Å². The molecule has 0 radical (unpaired) electrons. The zero-order valence-electron chi connectivity index (χ0n) is 6.68. The fraction of sp³-hybridized carbons (Fsp3) is 0.111. The molecule has 0 saturated carbocycles. The quantitative estimate of drug-likeness (QED) is 0.515. The van der Waals surface area contributed by atoms with Crippen LogP contribution in [0, 0.1) is 16.2 Å². The molecule has 0 heterocycles. The minimum absolute atomic E-state index is 0.327. The van der Waals surface area contributed by atoms with Crippen molar-refractivity contribution in [2.24, 2.45) is 5.18 Å². The van der Waals surface area contributed by atoms with Gasteiger partial charge in [-0.2, -0.15) is 5.26 Å². The molecule has 1 aromatic rings. The van der Waals surface area contributed by atoms with Gasteiger partial charge in [0.2, 0.25) is 11.8 Å². The highest BCUT2D eigenvalue weighted by molar-refractivity contribution is 6.01. The molecule has 0 amide bonds. The summed E-state index contributed by atoms with van der Waals surface area (Å²) in [7, 11) is 0. The van der Waals surface area contributed by atoms with E-state index in [0.717, 1.165) is 0 Å². The van der Waals surface area contributed by atoms with E-state index in [1.54, 1.807) is 18.2 Å². The Kier molecular flexibility index (Phi) is 2.87. The van der Waals surface area contributed by atoms with Gasteiger partial charge in [0.1, 0.15) is 6.07 Å². The Morgan fingerprint density at radius 2 is 2.00 bits per heavy atom. The number of carbonyl (C=O) groups is 1. The van der Waals surface area contributed by atoms with Crippen molar-refractivity contribution >= 4 is 5.78 Å². The first-order valence-corrected chi connectivity index (χ1v) is 3.61. The van der Waals surface area contributed by atoms with Gasteiger partial charge in [0.05, 0.1) is 0 Å². The van der Waals surface area contributed by atoms with Gasteiger partial charge in [0.25, 0.3) is 0 Å². The topological polar surface area (TPSA) is 70.3 Å². The van der Waals surface area contributed by atoms with Crippen molar-refractivity contribution in [3.8, 4) is 6.07 Å². The van der Waals surface area contributed by atoms with Crippen molar-refractivity contribution in [2.45, 2.75) is 6.04 Å². The molecule has 1 atom stereocenters. The van der Waals surface area contributed by atoms with E-state index in [2.05, 4.69) is 5.18 Å². The second-order valence-electron chi connectivity index (χ2n) is 2.37. The van der Waals surface area contributed by atoms with E-state index >= 15 is 0 Å². The maximum Gasteiger partial charge on any atom is 0.240 e. The molecule has 1 aromatic carbocycles. The number of nitroso groups, excluding NO2 is 1. The number of hydrogen-bond acceptors (Lipinski definition) is 4. The van der Waals surface area contributed by atoms with Crippen LogP contribution < -0.4 is 0 Å². The molecule has 0 aliphatic heterocycles. The minimum atomic E-state index is -1.43. The van der Waals surface area contributed by atoms with Crippen LogP contribution in [0.4, 0.5) is 0 Å². The highest BCUT2D eigenvalue weighted by Gasteiger charge is 2.19. The molecule has 64 valence electrons. The van der Waals surface area contributed by atoms with Gasteiger partial charge in [-0.1, -0.05) is 30.3 Å². The average molecular weight is 174 g/mol.